The van der Waals surface area contributed by atoms with Crippen molar-refractivity contribution in [2.45, 2.75) is 84.3 Å². The normalized spacial score (nSPS) is 31.7. The number of hydrogen-bond acceptors (Lipinski definition) is 2. The van der Waals surface area contributed by atoms with Crippen LogP contribution in [0.25, 0.3) is 0 Å². The first kappa shape index (κ1) is 20.2. The second-order valence-electron chi connectivity index (χ2n) is 7.58. The zero-order valence-electron chi connectivity index (χ0n) is 15.8. The van der Waals surface area contributed by atoms with E-state index in [1.54, 1.807) is 7.11 Å². The van der Waals surface area contributed by atoms with Crippen molar-refractivity contribution in [2.24, 2.45) is 5.92 Å². The number of ether oxygens (including phenoxy) is 1. The van der Waals surface area contributed by atoms with Gasteiger partial charge in [0.2, 0.25) is 0 Å². The second kappa shape index (κ2) is 9.44. The molecule has 0 fully saturated rings. The smallest absolute Gasteiger partial charge is 0.0883 e. The molecule has 0 heterocycles. The van der Waals surface area contributed by atoms with Crippen LogP contribution in [0.2, 0.25) is 0 Å². The van der Waals surface area contributed by atoms with Gasteiger partial charge in [-0.25, -0.2) is 0 Å². The minimum Gasteiger partial charge on any atom is -0.387 e. The highest BCUT2D eigenvalue weighted by atomic mass is 16.5. The number of allylic oxidation sites excluding steroid dienone is 5. The number of aliphatic hydroxyl groups is 1. The van der Waals surface area contributed by atoms with Gasteiger partial charge in [-0.2, -0.15) is 0 Å². The van der Waals surface area contributed by atoms with Crippen molar-refractivity contribution in [1.29, 1.82) is 0 Å². The summed E-state index contributed by atoms with van der Waals surface area (Å²) in [6.45, 7) is 12.6. The molecule has 1 N–H and O–H groups in total. The van der Waals surface area contributed by atoms with E-state index < -0.39 is 5.60 Å². The zero-order chi connectivity index (χ0) is 17.5. The Morgan fingerprint density at radius 3 is 2.43 bits per heavy atom. The van der Waals surface area contributed by atoms with Crippen LogP contribution in [0.4, 0.5) is 0 Å². The molecule has 0 radical (unpaired) electrons. The largest absolute Gasteiger partial charge is 0.387 e. The summed E-state index contributed by atoms with van der Waals surface area (Å²) in [6.07, 6.45) is 11.4. The third-order valence-corrected chi connectivity index (χ3v) is 5.24. The Hall–Kier alpha value is -0.860. The third kappa shape index (κ3) is 7.05. The molecule has 3 unspecified atom stereocenters. The van der Waals surface area contributed by atoms with Crippen LogP contribution in [0.1, 0.15) is 72.6 Å². The minimum atomic E-state index is -0.797. The molecular weight excluding hydrogens is 284 g/mol. The molecule has 23 heavy (non-hydrogen) atoms. The number of hydrogen-bond donors (Lipinski definition) is 1. The molecule has 1 aliphatic rings. The molecule has 2 nitrogen and oxygen atoms in total. The van der Waals surface area contributed by atoms with Gasteiger partial charge in [-0.1, -0.05) is 35.5 Å². The highest BCUT2D eigenvalue weighted by molar-refractivity contribution is 5.07. The Morgan fingerprint density at radius 1 is 1.22 bits per heavy atom. The van der Waals surface area contributed by atoms with Gasteiger partial charge < -0.3 is 9.84 Å². The quantitative estimate of drug-likeness (QED) is 0.673. The summed E-state index contributed by atoms with van der Waals surface area (Å²) in [4.78, 5) is 0. The predicted molar refractivity (Wildman–Crippen MR) is 99.6 cm³/mol. The van der Waals surface area contributed by atoms with Gasteiger partial charge in [0.05, 0.1) is 11.7 Å². The first-order valence-corrected chi connectivity index (χ1v) is 8.98. The van der Waals surface area contributed by atoms with E-state index in [0.29, 0.717) is 5.92 Å². The van der Waals surface area contributed by atoms with E-state index in [9.17, 15) is 5.11 Å². The lowest BCUT2D eigenvalue weighted by atomic mass is 9.82. The van der Waals surface area contributed by atoms with E-state index in [4.69, 9.17) is 4.74 Å². The fourth-order valence-corrected chi connectivity index (χ4v) is 3.35. The summed E-state index contributed by atoms with van der Waals surface area (Å²) in [6, 6.07) is 0. The fraction of sp³-hybridized carbons (Fsp3) is 0.714. The van der Waals surface area contributed by atoms with Crippen LogP contribution in [0.5, 0.6) is 0 Å². The first-order valence-electron chi connectivity index (χ1n) is 8.98. The monoisotopic (exact) mass is 320 g/mol. The number of methoxy groups -OCH3 is 1. The Bertz CT molecular complexity index is 443. The topological polar surface area (TPSA) is 29.5 Å². The third-order valence-electron chi connectivity index (χ3n) is 5.24. The molecule has 3 atom stereocenters. The molecule has 0 amide bonds. The average molecular weight is 321 g/mol. The van der Waals surface area contributed by atoms with Crippen molar-refractivity contribution in [1.82, 2.24) is 0 Å². The molecule has 0 aromatic carbocycles. The van der Waals surface area contributed by atoms with Crippen molar-refractivity contribution >= 4 is 0 Å². The van der Waals surface area contributed by atoms with Crippen molar-refractivity contribution in [2.75, 3.05) is 7.11 Å². The van der Waals surface area contributed by atoms with Crippen molar-refractivity contribution in [3.63, 3.8) is 0 Å². The van der Waals surface area contributed by atoms with Crippen LogP contribution < -0.4 is 0 Å². The lowest BCUT2D eigenvalue weighted by molar-refractivity contribution is -0.0935. The van der Waals surface area contributed by atoms with Gasteiger partial charge in [-0.05, 0) is 78.6 Å². The maximum absolute atomic E-state index is 10.9. The van der Waals surface area contributed by atoms with E-state index in [1.165, 1.54) is 16.7 Å². The summed E-state index contributed by atoms with van der Waals surface area (Å²) < 4.78 is 5.67. The van der Waals surface area contributed by atoms with Crippen LogP contribution in [0, 0.1) is 5.92 Å². The molecule has 0 spiro atoms. The molecule has 1 aliphatic carbocycles. The molecule has 0 aromatic heterocycles. The molecule has 0 saturated heterocycles. The van der Waals surface area contributed by atoms with Crippen molar-refractivity contribution < 1.29 is 9.84 Å². The van der Waals surface area contributed by atoms with Crippen LogP contribution >= 0.6 is 0 Å². The van der Waals surface area contributed by atoms with Gasteiger partial charge in [0.25, 0.3) is 0 Å². The van der Waals surface area contributed by atoms with Crippen molar-refractivity contribution in [3.05, 3.63) is 35.5 Å². The summed E-state index contributed by atoms with van der Waals surface area (Å²) in [5.41, 5.74) is 3.27. The molecule has 0 aliphatic heterocycles. The Morgan fingerprint density at radius 2 is 1.83 bits per heavy atom. The lowest BCUT2D eigenvalue weighted by Crippen LogP contribution is -2.42. The van der Waals surface area contributed by atoms with Gasteiger partial charge in [0.1, 0.15) is 0 Å². The van der Waals surface area contributed by atoms with Crippen LogP contribution in [0.15, 0.2) is 35.5 Å². The predicted octanol–water partition coefficient (Wildman–Crippen LogP) is 5.58. The molecular formula is C21H36O2. The maximum Gasteiger partial charge on any atom is 0.0883 e. The molecule has 132 valence electrons. The van der Waals surface area contributed by atoms with Crippen LogP contribution in [-0.4, -0.2) is 23.9 Å². The van der Waals surface area contributed by atoms with E-state index in [2.05, 4.69) is 39.5 Å². The minimum absolute atomic E-state index is 0.148. The van der Waals surface area contributed by atoms with Gasteiger partial charge in [-0.15, -0.1) is 0 Å². The van der Waals surface area contributed by atoms with Gasteiger partial charge in [-0.3, -0.25) is 0 Å². The van der Waals surface area contributed by atoms with Crippen LogP contribution in [0.3, 0.4) is 0 Å². The second-order valence-corrected chi connectivity index (χ2v) is 7.58. The van der Waals surface area contributed by atoms with Gasteiger partial charge >= 0.3 is 0 Å². The molecule has 0 aromatic rings. The van der Waals surface area contributed by atoms with Gasteiger partial charge in [0.15, 0.2) is 0 Å². The highest BCUT2D eigenvalue weighted by Crippen LogP contribution is 2.31. The highest BCUT2D eigenvalue weighted by Gasteiger charge is 2.33. The van der Waals surface area contributed by atoms with Crippen LogP contribution in [-0.2, 0) is 4.74 Å². The summed E-state index contributed by atoms with van der Waals surface area (Å²) in [7, 11) is 1.71. The van der Waals surface area contributed by atoms with Gasteiger partial charge in [0, 0.05) is 7.11 Å². The average Bonchev–Trinajstić information content (AvgIpc) is 2.45. The summed E-state index contributed by atoms with van der Waals surface area (Å²) in [5.74, 6) is 0.398. The molecule has 0 bridgehead atoms. The fourth-order valence-electron chi connectivity index (χ4n) is 3.35. The van der Waals surface area contributed by atoms with E-state index in [0.717, 1.165) is 44.9 Å². The van der Waals surface area contributed by atoms with Crippen molar-refractivity contribution in [3.8, 4) is 0 Å². The Labute approximate surface area is 143 Å². The zero-order valence-corrected chi connectivity index (χ0v) is 15.8. The molecule has 0 saturated carbocycles. The number of rotatable bonds is 2. The molecule has 2 heteroatoms. The summed E-state index contributed by atoms with van der Waals surface area (Å²) >= 11 is 0. The van der Waals surface area contributed by atoms with E-state index in [1.807, 2.05) is 6.92 Å². The molecule has 1 rings (SSSR count). The maximum atomic E-state index is 10.9. The standard InChI is InChI=1S/C21H36O2/c1-16(2)19-13-12-18(4)10-7-9-17(3)11-8-14-21(5,22)20(15-19)23-6/h10-11,19-20,22H,1,7-9,12-15H2,2-6H3. The lowest BCUT2D eigenvalue weighted by Gasteiger charge is -2.34. The summed E-state index contributed by atoms with van der Waals surface area (Å²) in [5, 5.41) is 10.9. The first-order chi connectivity index (χ1) is 10.8. The van der Waals surface area contributed by atoms with E-state index in [-0.39, 0.29) is 6.10 Å². The SMILES string of the molecule is C=C(C)C1CCC(C)=CCCC(C)=CCCC(C)(O)C(OC)C1. The van der Waals surface area contributed by atoms with E-state index >= 15 is 0 Å². The Kier molecular flexibility index (Phi) is 8.28. The Balaban J connectivity index is 2.96.